The van der Waals surface area contributed by atoms with Crippen LogP contribution in [0.4, 0.5) is 11.6 Å². The fourth-order valence-corrected chi connectivity index (χ4v) is 1.64. The summed E-state index contributed by atoms with van der Waals surface area (Å²) in [6.07, 6.45) is 4.93. The first-order valence-electron chi connectivity index (χ1n) is 5.64. The average Bonchev–Trinajstić information content (AvgIpc) is 3.03. The monoisotopic (exact) mass is 204 g/mol. The van der Waals surface area contributed by atoms with Gasteiger partial charge in [-0.15, -0.1) is 0 Å². The molecule has 1 aromatic heterocycles. The molecule has 0 bridgehead atoms. The number of nitrogens with two attached hydrogens (primary N) is 1. The zero-order valence-electron chi connectivity index (χ0n) is 8.95. The molecule has 2 saturated carbocycles. The SMILES string of the molecule is Cc1c(N)nc(C2CC2)nc1NC1CC1. The smallest absolute Gasteiger partial charge is 0.136 e. The maximum absolute atomic E-state index is 5.89. The Morgan fingerprint density at radius 1 is 1.20 bits per heavy atom. The highest BCUT2D eigenvalue weighted by molar-refractivity contribution is 5.56. The van der Waals surface area contributed by atoms with E-state index in [-0.39, 0.29) is 0 Å². The van der Waals surface area contributed by atoms with Crippen LogP contribution in [-0.2, 0) is 0 Å². The number of hydrogen-bond acceptors (Lipinski definition) is 4. The van der Waals surface area contributed by atoms with Crippen molar-refractivity contribution >= 4 is 11.6 Å². The quantitative estimate of drug-likeness (QED) is 0.788. The van der Waals surface area contributed by atoms with E-state index in [4.69, 9.17) is 5.73 Å². The summed E-state index contributed by atoms with van der Waals surface area (Å²) in [6, 6.07) is 0.616. The van der Waals surface area contributed by atoms with Crippen molar-refractivity contribution < 1.29 is 0 Å². The van der Waals surface area contributed by atoms with Crippen molar-refractivity contribution in [3.8, 4) is 0 Å². The van der Waals surface area contributed by atoms with Crippen LogP contribution in [0.2, 0.25) is 0 Å². The largest absolute Gasteiger partial charge is 0.383 e. The lowest BCUT2D eigenvalue weighted by molar-refractivity contribution is 0.917. The fourth-order valence-electron chi connectivity index (χ4n) is 1.64. The lowest BCUT2D eigenvalue weighted by atomic mass is 10.3. The molecule has 0 atom stereocenters. The average molecular weight is 204 g/mol. The van der Waals surface area contributed by atoms with Gasteiger partial charge in [-0.05, 0) is 32.6 Å². The fraction of sp³-hybridized carbons (Fsp3) is 0.636. The molecule has 80 valence electrons. The third-order valence-electron chi connectivity index (χ3n) is 3.06. The van der Waals surface area contributed by atoms with E-state index >= 15 is 0 Å². The number of anilines is 2. The maximum atomic E-state index is 5.89. The van der Waals surface area contributed by atoms with Gasteiger partial charge in [0.1, 0.15) is 17.5 Å². The second kappa shape index (κ2) is 3.08. The van der Waals surface area contributed by atoms with Crippen LogP contribution in [0.5, 0.6) is 0 Å². The van der Waals surface area contributed by atoms with Crippen molar-refractivity contribution in [1.29, 1.82) is 0 Å². The second-order valence-electron chi connectivity index (χ2n) is 4.63. The first-order valence-corrected chi connectivity index (χ1v) is 5.64. The number of hydrogen-bond donors (Lipinski definition) is 2. The molecule has 0 amide bonds. The highest BCUT2D eigenvalue weighted by atomic mass is 15.1. The molecule has 0 unspecified atom stereocenters. The van der Waals surface area contributed by atoms with Crippen molar-refractivity contribution in [2.75, 3.05) is 11.1 Å². The Labute approximate surface area is 89.3 Å². The van der Waals surface area contributed by atoms with Crippen molar-refractivity contribution in [3.63, 3.8) is 0 Å². The molecular weight excluding hydrogens is 188 g/mol. The molecule has 0 saturated heterocycles. The summed E-state index contributed by atoms with van der Waals surface area (Å²) in [6.45, 7) is 1.98. The summed E-state index contributed by atoms with van der Waals surface area (Å²) in [5.41, 5.74) is 6.88. The van der Waals surface area contributed by atoms with Gasteiger partial charge in [-0.2, -0.15) is 0 Å². The minimum Gasteiger partial charge on any atom is -0.383 e. The predicted octanol–water partition coefficient (Wildman–Crippen LogP) is 1.82. The van der Waals surface area contributed by atoms with E-state index in [0.29, 0.717) is 17.8 Å². The van der Waals surface area contributed by atoms with Crippen LogP contribution >= 0.6 is 0 Å². The molecule has 15 heavy (non-hydrogen) atoms. The van der Waals surface area contributed by atoms with Crippen molar-refractivity contribution in [1.82, 2.24) is 9.97 Å². The van der Waals surface area contributed by atoms with Crippen LogP contribution < -0.4 is 11.1 Å². The van der Waals surface area contributed by atoms with Gasteiger partial charge in [-0.1, -0.05) is 0 Å². The van der Waals surface area contributed by atoms with Crippen LogP contribution in [0.3, 0.4) is 0 Å². The van der Waals surface area contributed by atoms with E-state index in [9.17, 15) is 0 Å². The molecule has 3 rings (SSSR count). The highest BCUT2D eigenvalue weighted by Crippen LogP contribution is 2.39. The lowest BCUT2D eigenvalue weighted by Crippen LogP contribution is -2.10. The minimum absolute atomic E-state index is 0.563. The Morgan fingerprint density at radius 2 is 1.93 bits per heavy atom. The van der Waals surface area contributed by atoms with Gasteiger partial charge < -0.3 is 11.1 Å². The molecule has 4 nitrogen and oxygen atoms in total. The Balaban J connectivity index is 1.93. The summed E-state index contributed by atoms with van der Waals surface area (Å²) in [7, 11) is 0. The molecule has 2 fully saturated rings. The Bertz CT molecular complexity index is 394. The van der Waals surface area contributed by atoms with Gasteiger partial charge in [-0.3, -0.25) is 0 Å². The van der Waals surface area contributed by atoms with E-state index < -0.39 is 0 Å². The standard InChI is InChI=1S/C11H16N4/c1-6-9(12)14-11(7-2-3-7)15-10(6)13-8-4-5-8/h7-8H,2-5H2,1H3,(H3,12,13,14,15). The zero-order valence-corrected chi connectivity index (χ0v) is 8.95. The predicted molar refractivity (Wildman–Crippen MR) is 59.8 cm³/mol. The molecule has 3 N–H and O–H groups in total. The van der Waals surface area contributed by atoms with Crippen LogP contribution in [0, 0.1) is 6.92 Å². The van der Waals surface area contributed by atoms with E-state index in [2.05, 4.69) is 15.3 Å². The summed E-state index contributed by atoms with van der Waals surface area (Å²) < 4.78 is 0. The number of nitrogens with zero attached hydrogens (tertiary/aromatic N) is 2. The number of nitrogens with one attached hydrogen (secondary N) is 1. The normalized spacial score (nSPS) is 20.3. The number of aromatic nitrogens is 2. The molecule has 2 aliphatic carbocycles. The van der Waals surface area contributed by atoms with Crippen molar-refractivity contribution in [2.45, 2.75) is 44.6 Å². The van der Waals surface area contributed by atoms with Crippen LogP contribution in [0.25, 0.3) is 0 Å². The second-order valence-corrected chi connectivity index (χ2v) is 4.63. The molecule has 1 aromatic rings. The molecule has 4 heteroatoms. The van der Waals surface area contributed by atoms with Crippen molar-refractivity contribution in [2.24, 2.45) is 0 Å². The van der Waals surface area contributed by atoms with Gasteiger partial charge in [0.15, 0.2) is 0 Å². The van der Waals surface area contributed by atoms with Gasteiger partial charge in [0, 0.05) is 17.5 Å². The third kappa shape index (κ3) is 1.76. The van der Waals surface area contributed by atoms with E-state index in [1.807, 2.05) is 6.92 Å². The van der Waals surface area contributed by atoms with Crippen LogP contribution in [-0.4, -0.2) is 16.0 Å². The molecule has 0 aromatic carbocycles. The number of rotatable bonds is 3. The van der Waals surface area contributed by atoms with Gasteiger partial charge in [0.05, 0.1) is 0 Å². The first kappa shape index (κ1) is 8.95. The molecule has 0 radical (unpaired) electrons. The van der Waals surface area contributed by atoms with Gasteiger partial charge in [0.2, 0.25) is 0 Å². The van der Waals surface area contributed by atoms with Crippen LogP contribution in [0.15, 0.2) is 0 Å². The topological polar surface area (TPSA) is 63.8 Å². The highest BCUT2D eigenvalue weighted by Gasteiger charge is 2.29. The first-order chi connectivity index (χ1) is 7.24. The summed E-state index contributed by atoms with van der Waals surface area (Å²) in [5, 5.41) is 3.42. The number of nitrogen functional groups attached to an aromatic ring is 1. The van der Waals surface area contributed by atoms with E-state index in [0.717, 1.165) is 17.2 Å². The van der Waals surface area contributed by atoms with E-state index in [1.54, 1.807) is 0 Å². The molecule has 0 aliphatic heterocycles. The van der Waals surface area contributed by atoms with Crippen molar-refractivity contribution in [3.05, 3.63) is 11.4 Å². The molecule has 1 heterocycles. The maximum Gasteiger partial charge on any atom is 0.136 e. The van der Waals surface area contributed by atoms with Crippen LogP contribution in [0.1, 0.15) is 43.0 Å². The van der Waals surface area contributed by atoms with E-state index in [1.165, 1.54) is 25.7 Å². The van der Waals surface area contributed by atoms with Gasteiger partial charge >= 0.3 is 0 Å². The minimum atomic E-state index is 0.563. The third-order valence-corrected chi connectivity index (χ3v) is 3.06. The molecular formula is C11H16N4. The Hall–Kier alpha value is -1.32. The van der Waals surface area contributed by atoms with Gasteiger partial charge in [0.25, 0.3) is 0 Å². The Morgan fingerprint density at radius 3 is 2.53 bits per heavy atom. The molecule has 2 aliphatic rings. The lowest BCUT2D eigenvalue weighted by Gasteiger charge is -2.10. The van der Waals surface area contributed by atoms with Gasteiger partial charge in [-0.25, -0.2) is 9.97 Å². The summed E-state index contributed by atoms with van der Waals surface area (Å²) >= 11 is 0. The molecule has 0 spiro atoms. The summed E-state index contributed by atoms with van der Waals surface area (Å²) in [5.74, 6) is 3.08. The Kier molecular flexibility index (Phi) is 1.84. The zero-order chi connectivity index (χ0) is 10.4. The summed E-state index contributed by atoms with van der Waals surface area (Å²) in [4.78, 5) is 8.92.